The summed E-state index contributed by atoms with van der Waals surface area (Å²) < 4.78 is 0. The smallest absolute Gasteiger partial charge is 0.0378 e. The molecule has 0 aromatic heterocycles. The van der Waals surface area contributed by atoms with Crippen LogP contribution in [0.4, 0.5) is 0 Å². The zero-order valence-corrected chi connectivity index (χ0v) is 29.5. The minimum Gasteiger partial charge on any atom is -0.0731 e. The Morgan fingerprint density at radius 1 is 0.257 bits per heavy atom. The molecule has 1 aliphatic heterocycles. The summed E-state index contributed by atoms with van der Waals surface area (Å²) in [6, 6.07) is 0. The summed E-state index contributed by atoms with van der Waals surface area (Å²) in [5.74, 6) is 0. The van der Waals surface area contributed by atoms with Gasteiger partial charge in [0.1, 0.15) is 0 Å². The Hall–Kier alpha value is 1.08. The highest BCUT2D eigenvalue weighted by molar-refractivity contribution is 8.14. The average Bonchev–Trinajstić information content (AvgIpc) is 3.70. The molecular formula is C30H60Si5. The van der Waals surface area contributed by atoms with E-state index >= 15 is 0 Å². The van der Waals surface area contributed by atoms with Gasteiger partial charge in [0.15, 0.2) is 0 Å². The maximum atomic E-state index is 3.32. The van der Waals surface area contributed by atoms with Gasteiger partial charge in [0.05, 0.1) is 0 Å². The van der Waals surface area contributed by atoms with Gasteiger partial charge in [-0.3, -0.25) is 0 Å². The molecule has 6 aliphatic rings. The van der Waals surface area contributed by atoms with Crippen LogP contribution < -0.4 is 0 Å². The fraction of sp³-hybridized carbons (Fsp3) is 1.00. The highest BCUT2D eigenvalue weighted by Gasteiger charge is 2.88. The van der Waals surface area contributed by atoms with Crippen LogP contribution in [0.2, 0.25) is 60.4 Å². The molecule has 6 fully saturated rings. The minimum atomic E-state index is -1.30. The van der Waals surface area contributed by atoms with Crippen LogP contribution in [0, 0.1) is 0 Å². The molecular weight excluding hydrogens is 501 g/mol. The van der Waals surface area contributed by atoms with E-state index in [0.29, 0.717) is 0 Å². The van der Waals surface area contributed by atoms with Crippen molar-refractivity contribution in [3.8, 4) is 0 Å². The summed E-state index contributed by atoms with van der Waals surface area (Å²) in [6.45, 7) is 16.6. The Balaban J connectivity index is 1.67. The predicted molar refractivity (Wildman–Crippen MR) is 169 cm³/mol. The first kappa shape index (κ1) is 26.3. The molecule has 5 aliphatic carbocycles. The van der Waals surface area contributed by atoms with E-state index in [1.54, 1.807) is 128 Å². The Labute approximate surface area is 223 Å². The van der Waals surface area contributed by atoms with Crippen LogP contribution in [0.3, 0.4) is 0 Å². The van der Waals surface area contributed by atoms with Crippen molar-refractivity contribution in [2.45, 2.75) is 189 Å². The second kappa shape index (κ2) is 9.33. The van der Waals surface area contributed by atoms with Crippen LogP contribution in [-0.2, 0) is 0 Å². The van der Waals surface area contributed by atoms with Gasteiger partial charge < -0.3 is 0 Å². The first-order valence-corrected chi connectivity index (χ1v) is 34.7. The topological polar surface area (TPSA) is 0 Å². The average molecular weight is 561 g/mol. The maximum absolute atomic E-state index is 3.32. The third kappa shape index (κ3) is 3.11. The molecule has 0 nitrogen and oxygen atoms in total. The monoisotopic (exact) mass is 560 g/mol. The highest BCUT2D eigenvalue weighted by Crippen LogP contribution is 2.73. The fourth-order valence-electron chi connectivity index (χ4n) is 14.5. The van der Waals surface area contributed by atoms with E-state index in [2.05, 4.69) is 32.7 Å². The molecule has 200 valence electrons. The van der Waals surface area contributed by atoms with Crippen LogP contribution >= 0.6 is 0 Å². The summed E-state index contributed by atoms with van der Waals surface area (Å²) in [5, 5.41) is 0. The lowest BCUT2D eigenvalue weighted by molar-refractivity contribution is 0.816. The van der Waals surface area contributed by atoms with Crippen molar-refractivity contribution in [3.05, 3.63) is 0 Å². The number of hydrogen-bond donors (Lipinski definition) is 0. The van der Waals surface area contributed by atoms with Gasteiger partial charge in [0.25, 0.3) is 0 Å². The lowest BCUT2D eigenvalue weighted by Gasteiger charge is -2.58. The van der Waals surface area contributed by atoms with Crippen LogP contribution in [0.15, 0.2) is 0 Å². The molecule has 0 atom stereocenters. The first-order valence-electron chi connectivity index (χ1n) is 16.8. The Morgan fingerprint density at radius 2 is 0.371 bits per heavy atom. The van der Waals surface area contributed by atoms with Crippen LogP contribution in [0.5, 0.6) is 0 Å². The van der Waals surface area contributed by atoms with Gasteiger partial charge in [-0.25, -0.2) is 0 Å². The lowest BCUT2D eigenvalue weighted by atomic mass is 10.4. The fourth-order valence-corrected chi connectivity index (χ4v) is 240. The zero-order chi connectivity index (χ0) is 24.5. The summed E-state index contributed by atoms with van der Waals surface area (Å²) in [5.41, 5.74) is 6.53. The van der Waals surface area contributed by atoms with Crippen LogP contribution in [0.1, 0.15) is 128 Å². The molecule has 0 N–H and O–H groups in total. The molecule has 0 spiro atoms. The Bertz CT molecular complexity index is 603. The van der Waals surface area contributed by atoms with Gasteiger partial charge in [0.2, 0.25) is 0 Å². The largest absolute Gasteiger partial charge is 0.0731 e. The molecule has 0 aromatic rings. The Kier molecular flexibility index (Phi) is 7.02. The molecule has 1 heterocycles. The molecule has 6 rings (SSSR count). The standard InChI is InChI=1S/C30H60Si5/c1-31(26-16-6-7-17-26)32(2,27-18-8-9-19-27)34(4,29-22-12-13-23-29)35(5,30-24-14-15-25-30)33(31,3)28-20-10-11-21-28/h26-30H,6-25H2,1-5H3. The van der Waals surface area contributed by atoms with Crippen molar-refractivity contribution in [3.63, 3.8) is 0 Å². The number of hydrogen-bond acceptors (Lipinski definition) is 0. The van der Waals surface area contributed by atoms with Crippen molar-refractivity contribution in [2.24, 2.45) is 0 Å². The molecule has 5 saturated carbocycles. The maximum Gasteiger partial charge on any atom is 0.0378 e. The highest BCUT2D eigenvalue weighted by atomic mass is 30.2. The van der Waals surface area contributed by atoms with Crippen molar-refractivity contribution >= 4 is 35.5 Å². The van der Waals surface area contributed by atoms with Gasteiger partial charge in [-0.15, -0.1) is 0 Å². The first-order chi connectivity index (χ1) is 16.8. The molecule has 35 heavy (non-hydrogen) atoms. The summed E-state index contributed by atoms with van der Waals surface area (Å²) in [4.78, 5) is 0. The molecule has 5 heteroatoms. The van der Waals surface area contributed by atoms with Gasteiger partial charge in [-0.05, 0) is 27.7 Å². The SMILES string of the molecule is C[Si]1(C2CCCC2)[Si](C)(C2CCCC2)[Si](C)(C2CCCC2)[Si](C)(C2CCCC2)[Si]1(C)C1CCCC1. The molecule has 0 unspecified atom stereocenters. The summed E-state index contributed by atoms with van der Waals surface area (Å²) >= 11 is 0. The van der Waals surface area contributed by atoms with E-state index in [1.807, 2.05) is 0 Å². The van der Waals surface area contributed by atoms with Gasteiger partial charge in [-0.1, -0.05) is 161 Å². The van der Waals surface area contributed by atoms with Crippen LogP contribution in [-0.4, -0.2) is 35.5 Å². The molecule has 0 bridgehead atoms. The van der Waals surface area contributed by atoms with Gasteiger partial charge >= 0.3 is 0 Å². The summed E-state index contributed by atoms with van der Waals surface area (Å²) in [6.07, 6.45) is 33.5. The predicted octanol–water partition coefficient (Wildman–Crippen LogP) is 10.5. The van der Waals surface area contributed by atoms with Crippen molar-refractivity contribution < 1.29 is 0 Å². The van der Waals surface area contributed by atoms with Crippen molar-refractivity contribution in [1.82, 2.24) is 0 Å². The van der Waals surface area contributed by atoms with Gasteiger partial charge in [0, 0.05) is 35.5 Å². The van der Waals surface area contributed by atoms with Gasteiger partial charge in [-0.2, -0.15) is 0 Å². The number of rotatable bonds is 5. The normalized spacial score (nSPS) is 49.3. The third-order valence-corrected chi connectivity index (χ3v) is 141. The molecule has 0 radical (unpaired) electrons. The second-order valence-electron chi connectivity index (χ2n) is 15.9. The molecule has 1 saturated heterocycles. The third-order valence-electron chi connectivity index (χ3n) is 16.3. The summed E-state index contributed by atoms with van der Waals surface area (Å²) in [7, 11) is -6.48. The Morgan fingerprint density at radius 3 is 0.486 bits per heavy atom. The van der Waals surface area contributed by atoms with E-state index < -0.39 is 35.5 Å². The van der Waals surface area contributed by atoms with Crippen molar-refractivity contribution in [1.29, 1.82) is 0 Å². The quantitative estimate of drug-likeness (QED) is 0.293. The molecule has 0 amide bonds. The van der Waals surface area contributed by atoms with Crippen molar-refractivity contribution in [2.75, 3.05) is 0 Å². The van der Waals surface area contributed by atoms with E-state index in [4.69, 9.17) is 0 Å². The van der Waals surface area contributed by atoms with E-state index in [1.165, 1.54) is 27.7 Å². The second-order valence-corrected chi connectivity index (χ2v) is 70.7. The van der Waals surface area contributed by atoms with Crippen LogP contribution in [0.25, 0.3) is 0 Å². The minimum absolute atomic E-state index is 1.30. The zero-order valence-electron chi connectivity index (χ0n) is 24.5. The van der Waals surface area contributed by atoms with E-state index in [-0.39, 0.29) is 0 Å². The molecule has 0 aromatic carbocycles. The van der Waals surface area contributed by atoms with E-state index in [0.717, 1.165) is 0 Å². The van der Waals surface area contributed by atoms with E-state index in [9.17, 15) is 0 Å². The lowest BCUT2D eigenvalue weighted by Crippen LogP contribution is -2.78.